The summed E-state index contributed by atoms with van der Waals surface area (Å²) in [5.74, 6) is 0.724. The Morgan fingerprint density at radius 2 is 2.07 bits per heavy atom. The molecule has 2 aromatic heterocycles. The third kappa shape index (κ3) is 3.75. The standard InChI is InChI=1S/C21H23N5O/c22-13-18-3-1-2-16-4-5-17(12-19(16)18)20(27)25-21-24-10-11-26(21)14-15-6-8-23-9-7-15/h4-12,18H,1-3,13-14,22H2,(H,24,25,27). The van der Waals surface area contributed by atoms with Crippen LogP contribution in [0, 0.1) is 0 Å². The van der Waals surface area contributed by atoms with Crippen molar-refractivity contribution in [3.8, 4) is 0 Å². The van der Waals surface area contributed by atoms with Crippen molar-refractivity contribution < 1.29 is 4.79 Å². The molecule has 0 saturated carbocycles. The number of benzene rings is 1. The van der Waals surface area contributed by atoms with Crippen LogP contribution >= 0.6 is 0 Å². The maximum Gasteiger partial charge on any atom is 0.257 e. The van der Waals surface area contributed by atoms with E-state index in [9.17, 15) is 4.79 Å². The Morgan fingerprint density at radius 3 is 2.89 bits per heavy atom. The summed E-state index contributed by atoms with van der Waals surface area (Å²) in [6, 6.07) is 9.85. The number of nitrogens with zero attached hydrogens (tertiary/aromatic N) is 3. The first kappa shape index (κ1) is 17.4. The van der Waals surface area contributed by atoms with Gasteiger partial charge in [0.05, 0.1) is 6.54 Å². The summed E-state index contributed by atoms with van der Waals surface area (Å²) in [7, 11) is 0. The van der Waals surface area contributed by atoms with Gasteiger partial charge in [0.1, 0.15) is 0 Å². The summed E-state index contributed by atoms with van der Waals surface area (Å²) in [5, 5.41) is 2.93. The molecule has 0 spiro atoms. The van der Waals surface area contributed by atoms with Crippen molar-refractivity contribution in [3.63, 3.8) is 0 Å². The minimum absolute atomic E-state index is 0.152. The predicted octanol–water partition coefficient (Wildman–Crippen LogP) is 2.96. The van der Waals surface area contributed by atoms with Gasteiger partial charge in [-0.1, -0.05) is 6.07 Å². The topological polar surface area (TPSA) is 85.8 Å². The monoisotopic (exact) mass is 361 g/mol. The van der Waals surface area contributed by atoms with Gasteiger partial charge >= 0.3 is 0 Å². The lowest BCUT2D eigenvalue weighted by molar-refractivity contribution is 0.102. The summed E-state index contributed by atoms with van der Waals surface area (Å²) < 4.78 is 1.91. The molecule has 1 aliphatic carbocycles. The molecule has 138 valence electrons. The van der Waals surface area contributed by atoms with Gasteiger partial charge in [-0.2, -0.15) is 0 Å². The Kier molecular flexibility index (Phi) is 4.98. The Morgan fingerprint density at radius 1 is 1.22 bits per heavy atom. The lowest BCUT2D eigenvalue weighted by Gasteiger charge is -2.24. The molecule has 1 unspecified atom stereocenters. The summed E-state index contributed by atoms with van der Waals surface area (Å²) in [5.41, 5.74) is 10.2. The predicted molar refractivity (Wildman–Crippen MR) is 105 cm³/mol. The van der Waals surface area contributed by atoms with Gasteiger partial charge in [-0.15, -0.1) is 0 Å². The SMILES string of the molecule is NCC1CCCc2ccc(C(=O)Nc3nccn3Cc3ccncc3)cc21. The number of imidazole rings is 1. The van der Waals surface area contributed by atoms with Crippen LogP contribution in [0.4, 0.5) is 5.95 Å². The Balaban J connectivity index is 1.53. The highest BCUT2D eigenvalue weighted by molar-refractivity contribution is 6.03. The zero-order valence-electron chi connectivity index (χ0n) is 15.1. The van der Waals surface area contributed by atoms with Crippen LogP contribution in [0.1, 0.15) is 45.8 Å². The lowest BCUT2D eigenvalue weighted by atomic mass is 9.82. The van der Waals surface area contributed by atoms with Gasteiger partial charge in [-0.25, -0.2) is 4.98 Å². The molecular weight excluding hydrogens is 338 g/mol. The number of anilines is 1. The molecule has 27 heavy (non-hydrogen) atoms. The highest BCUT2D eigenvalue weighted by Crippen LogP contribution is 2.31. The van der Waals surface area contributed by atoms with Crippen molar-refractivity contribution in [3.05, 3.63) is 77.4 Å². The van der Waals surface area contributed by atoms with E-state index in [0.717, 1.165) is 24.8 Å². The third-order valence-corrected chi connectivity index (χ3v) is 5.17. The van der Waals surface area contributed by atoms with Crippen LogP contribution in [-0.4, -0.2) is 27.0 Å². The minimum atomic E-state index is -0.152. The van der Waals surface area contributed by atoms with Gasteiger partial charge < -0.3 is 10.3 Å². The van der Waals surface area contributed by atoms with Crippen molar-refractivity contribution in [2.45, 2.75) is 31.7 Å². The maximum absolute atomic E-state index is 12.8. The molecule has 4 rings (SSSR count). The highest BCUT2D eigenvalue weighted by atomic mass is 16.1. The van der Waals surface area contributed by atoms with Gasteiger partial charge in [0.25, 0.3) is 5.91 Å². The summed E-state index contributed by atoms with van der Waals surface area (Å²) in [4.78, 5) is 21.1. The largest absolute Gasteiger partial charge is 0.330 e. The van der Waals surface area contributed by atoms with Crippen LogP contribution in [0.2, 0.25) is 0 Å². The number of pyridine rings is 1. The molecule has 3 aromatic rings. The molecule has 0 saturated heterocycles. The lowest BCUT2D eigenvalue weighted by Crippen LogP contribution is -2.20. The van der Waals surface area contributed by atoms with Crippen LogP contribution in [-0.2, 0) is 13.0 Å². The van der Waals surface area contributed by atoms with Crippen LogP contribution in [0.5, 0.6) is 0 Å². The summed E-state index contributed by atoms with van der Waals surface area (Å²) >= 11 is 0. The zero-order valence-corrected chi connectivity index (χ0v) is 15.1. The van der Waals surface area contributed by atoms with Crippen LogP contribution in [0.3, 0.4) is 0 Å². The second-order valence-corrected chi connectivity index (χ2v) is 6.93. The molecule has 0 fully saturated rings. The molecule has 6 heteroatoms. The minimum Gasteiger partial charge on any atom is -0.330 e. The first-order chi connectivity index (χ1) is 13.2. The van der Waals surface area contributed by atoms with E-state index in [2.05, 4.69) is 21.4 Å². The fourth-order valence-corrected chi connectivity index (χ4v) is 3.70. The number of nitrogens with one attached hydrogen (secondary N) is 1. The first-order valence-electron chi connectivity index (χ1n) is 9.29. The molecule has 6 nitrogen and oxygen atoms in total. The number of hydrogen-bond donors (Lipinski definition) is 2. The highest BCUT2D eigenvalue weighted by Gasteiger charge is 2.21. The Bertz CT molecular complexity index is 935. The van der Waals surface area contributed by atoms with Crippen LogP contribution in [0.15, 0.2) is 55.1 Å². The number of rotatable bonds is 5. The van der Waals surface area contributed by atoms with Gasteiger partial charge in [0.15, 0.2) is 0 Å². The quantitative estimate of drug-likeness (QED) is 0.731. The van der Waals surface area contributed by atoms with Crippen molar-refractivity contribution in [1.82, 2.24) is 14.5 Å². The number of aryl methyl sites for hydroxylation is 1. The van der Waals surface area contributed by atoms with Gasteiger partial charge in [0.2, 0.25) is 5.95 Å². The van der Waals surface area contributed by atoms with E-state index in [-0.39, 0.29) is 5.91 Å². The van der Waals surface area contributed by atoms with E-state index in [1.54, 1.807) is 18.6 Å². The fourth-order valence-electron chi connectivity index (χ4n) is 3.70. The number of hydrogen-bond acceptors (Lipinski definition) is 4. The average molecular weight is 361 g/mol. The van der Waals surface area contributed by atoms with Gasteiger partial charge in [0, 0.05) is 30.4 Å². The number of nitrogens with two attached hydrogens (primary N) is 1. The second kappa shape index (κ2) is 7.72. The molecule has 0 bridgehead atoms. The van der Waals surface area contributed by atoms with Crippen LogP contribution in [0.25, 0.3) is 0 Å². The normalized spacial score (nSPS) is 16.0. The smallest absolute Gasteiger partial charge is 0.257 e. The Hall–Kier alpha value is -2.99. The van der Waals surface area contributed by atoms with Crippen molar-refractivity contribution in [1.29, 1.82) is 0 Å². The zero-order chi connectivity index (χ0) is 18.6. The molecule has 0 radical (unpaired) electrons. The molecule has 3 N–H and O–H groups in total. The molecule has 1 amide bonds. The number of aromatic nitrogens is 3. The van der Waals surface area contributed by atoms with E-state index in [0.29, 0.717) is 30.5 Å². The molecule has 1 aliphatic rings. The second-order valence-electron chi connectivity index (χ2n) is 6.93. The van der Waals surface area contributed by atoms with Gasteiger partial charge in [-0.05, 0) is 72.7 Å². The summed E-state index contributed by atoms with van der Waals surface area (Å²) in [6.45, 7) is 1.24. The number of carbonyl (C=O) groups excluding carboxylic acids is 1. The molecule has 0 aliphatic heterocycles. The Labute approximate surface area is 158 Å². The van der Waals surface area contributed by atoms with E-state index in [4.69, 9.17) is 5.73 Å². The van der Waals surface area contributed by atoms with Gasteiger partial charge in [-0.3, -0.25) is 15.1 Å². The van der Waals surface area contributed by atoms with Crippen molar-refractivity contribution in [2.24, 2.45) is 5.73 Å². The molecule has 2 heterocycles. The van der Waals surface area contributed by atoms with E-state index >= 15 is 0 Å². The third-order valence-electron chi connectivity index (χ3n) is 5.17. The van der Waals surface area contributed by atoms with E-state index in [1.165, 1.54) is 11.1 Å². The number of fused-ring (bicyclic) bond motifs is 1. The molecular formula is C21H23N5O. The number of amides is 1. The van der Waals surface area contributed by atoms with E-state index < -0.39 is 0 Å². The summed E-state index contributed by atoms with van der Waals surface area (Å²) in [6.07, 6.45) is 10.4. The van der Waals surface area contributed by atoms with E-state index in [1.807, 2.05) is 35.0 Å². The van der Waals surface area contributed by atoms with Crippen molar-refractivity contribution in [2.75, 3.05) is 11.9 Å². The maximum atomic E-state index is 12.8. The average Bonchev–Trinajstić information content (AvgIpc) is 3.14. The van der Waals surface area contributed by atoms with Crippen LogP contribution < -0.4 is 11.1 Å². The molecule has 1 atom stereocenters. The molecule has 1 aromatic carbocycles. The van der Waals surface area contributed by atoms with Crippen molar-refractivity contribution >= 4 is 11.9 Å². The first-order valence-corrected chi connectivity index (χ1v) is 9.29. The number of carbonyl (C=O) groups is 1. The fraction of sp³-hybridized carbons (Fsp3) is 0.286.